The van der Waals surface area contributed by atoms with Crippen molar-refractivity contribution in [2.24, 2.45) is 5.92 Å². The van der Waals surface area contributed by atoms with Crippen LogP contribution in [0.4, 0.5) is 10.1 Å². The van der Waals surface area contributed by atoms with Crippen LogP contribution in [0.3, 0.4) is 0 Å². The fourth-order valence-corrected chi connectivity index (χ4v) is 1.82. The Balaban J connectivity index is 2.10. The third-order valence-electron chi connectivity index (χ3n) is 2.91. The molecule has 0 saturated carbocycles. The van der Waals surface area contributed by atoms with Crippen molar-refractivity contribution in [3.05, 3.63) is 42.5 Å². The van der Waals surface area contributed by atoms with Gasteiger partial charge < -0.3 is 10.6 Å². The van der Waals surface area contributed by atoms with Crippen molar-refractivity contribution in [1.29, 1.82) is 0 Å². The number of halogens is 1. The minimum Gasteiger partial charge on any atom is -0.323 e. The fraction of sp³-hybridized carbons (Fsp3) is 0.286. The van der Waals surface area contributed by atoms with Crippen molar-refractivity contribution in [3.63, 3.8) is 0 Å². The number of carbonyl (C=O) groups is 1. The number of hydrogen-bond acceptors (Lipinski definition) is 3. The summed E-state index contributed by atoms with van der Waals surface area (Å²) in [5, 5.41) is 9.74. The molecule has 1 aromatic carbocycles. The van der Waals surface area contributed by atoms with Crippen LogP contribution in [0.5, 0.6) is 0 Å². The van der Waals surface area contributed by atoms with E-state index in [4.69, 9.17) is 0 Å². The molecule has 6 heteroatoms. The minimum atomic E-state index is -0.364. The molecule has 20 heavy (non-hydrogen) atoms. The lowest BCUT2D eigenvalue weighted by Crippen LogP contribution is -2.28. The third kappa shape index (κ3) is 3.21. The van der Waals surface area contributed by atoms with Gasteiger partial charge in [0.15, 0.2) is 0 Å². The summed E-state index contributed by atoms with van der Waals surface area (Å²) in [6.07, 6.45) is 3.08. The molecule has 1 amide bonds. The number of carbonyl (C=O) groups excluding carboxylic acids is 1. The van der Waals surface area contributed by atoms with Gasteiger partial charge in [-0.15, -0.1) is 0 Å². The van der Waals surface area contributed by atoms with Gasteiger partial charge in [0.05, 0.1) is 18.1 Å². The normalized spacial score (nSPS) is 12.2. The maximum absolute atomic E-state index is 13.6. The number of nitrogens with one attached hydrogen (secondary N) is 2. The molecule has 0 bridgehead atoms. The number of benzene rings is 1. The lowest BCUT2D eigenvalue weighted by molar-refractivity contribution is -0.119. The zero-order chi connectivity index (χ0) is 14.5. The maximum atomic E-state index is 13.6. The number of rotatable bonds is 5. The first-order valence-electron chi connectivity index (χ1n) is 6.37. The summed E-state index contributed by atoms with van der Waals surface area (Å²) in [5.74, 6) is -0.624. The van der Waals surface area contributed by atoms with Gasteiger partial charge in [-0.1, -0.05) is 19.1 Å². The Kier molecular flexibility index (Phi) is 4.47. The van der Waals surface area contributed by atoms with Crippen LogP contribution in [-0.4, -0.2) is 29.3 Å². The third-order valence-corrected chi connectivity index (χ3v) is 2.91. The largest absolute Gasteiger partial charge is 0.323 e. The highest BCUT2D eigenvalue weighted by atomic mass is 19.1. The van der Waals surface area contributed by atoms with E-state index in [1.165, 1.54) is 16.9 Å². The highest BCUT2D eigenvalue weighted by Gasteiger charge is 2.13. The van der Waals surface area contributed by atoms with E-state index < -0.39 is 0 Å². The molecule has 1 atom stereocenters. The van der Waals surface area contributed by atoms with E-state index in [-0.39, 0.29) is 17.6 Å². The van der Waals surface area contributed by atoms with E-state index in [1.807, 2.05) is 6.92 Å². The molecule has 0 aliphatic rings. The Labute approximate surface area is 116 Å². The molecule has 2 N–H and O–H groups in total. The first kappa shape index (κ1) is 14.2. The Morgan fingerprint density at radius 3 is 2.90 bits per heavy atom. The van der Waals surface area contributed by atoms with Gasteiger partial charge in [-0.3, -0.25) is 4.79 Å². The average molecular weight is 276 g/mol. The Morgan fingerprint density at radius 1 is 1.45 bits per heavy atom. The summed E-state index contributed by atoms with van der Waals surface area (Å²) in [4.78, 5) is 11.9. The predicted molar refractivity (Wildman–Crippen MR) is 75.2 cm³/mol. The van der Waals surface area contributed by atoms with Gasteiger partial charge in [0.2, 0.25) is 5.91 Å². The maximum Gasteiger partial charge on any atom is 0.228 e. The van der Waals surface area contributed by atoms with E-state index in [2.05, 4.69) is 15.7 Å². The van der Waals surface area contributed by atoms with Gasteiger partial charge in [-0.05, 0) is 19.2 Å². The van der Waals surface area contributed by atoms with Crippen molar-refractivity contribution in [1.82, 2.24) is 15.1 Å². The molecule has 0 radical (unpaired) electrons. The molecule has 5 nitrogen and oxygen atoms in total. The molecule has 2 aromatic rings. The lowest BCUT2D eigenvalue weighted by atomic mass is 10.1. The molecule has 0 spiro atoms. The van der Waals surface area contributed by atoms with Gasteiger partial charge in [-0.25, -0.2) is 9.07 Å². The number of aromatic nitrogens is 2. The van der Waals surface area contributed by atoms with E-state index in [0.29, 0.717) is 17.9 Å². The number of amides is 1. The van der Waals surface area contributed by atoms with E-state index >= 15 is 0 Å². The Hall–Kier alpha value is -2.21. The van der Waals surface area contributed by atoms with Crippen LogP contribution in [0.1, 0.15) is 6.92 Å². The van der Waals surface area contributed by atoms with Crippen LogP contribution in [0.25, 0.3) is 5.69 Å². The lowest BCUT2D eigenvalue weighted by Gasteiger charge is -2.09. The Bertz CT molecular complexity index is 596. The number of anilines is 1. The molecule has 0 aliphatic carbocycles. The van der Waals surface area contributed by atoms with Crippen LogP contribution in [0.2, 0.25) is 0 Å². The second-order valence-corrected chi connectivity index (χ2v) is 4.57. The summed E-state index contributed by atoms with van der Waals surface area (Å²) in [7, 11) is 1.79. The van der Waals surface area contributed by atoms with Crippen LogP contribution in [0, 0.1) is 11.7 Å². The van der Waals surface area contributed by atoms with Gasteiger partial charge in [0, 0.05) is 12.5 Å². The van der Waals surface area contributed by atoms with E-state index in [0.717, 1.165) is 0 Å². The number of hydrogen-bond donors (Lipinski definition) is 2. The van der Waals surface area contributed by atoms with Gasteiger partial charge in [0.25, 0.3) is 0 Å². The van der Waals surface area contributed by atoms with Crippen molar-refractivity contribution in [2.75, 3.05) is 18.9 Å². The summed E-state index contributed by atoms with van der Waals surface area (Å²) in [6.45, 7) is 2.42. The first-order chi connectivity index (χ1) is 9.61. The standard InChI is InChI=1S/C14H17FN4O/c1-10(7-16-2)14(20)18-11-8-17-19(9-11)13-6-4-3-5-12(13)15/h3-6,8-10,16H,7H2,1-2H3,(H,18,20). The summed E-state index contributed by atoms with van der Waals surface area (Å²) in [5.41, 5.74) is 0.887. The molecule has 0 aliphatic heterocycles. The molecular weight excluding hydrogens is 259 g/mol. The summed E-state index contributed by atoms with van der Waals surface area (Å²) in [6, 6.07) is 6.33. The fourth-order valence-electron chi connectivity index (χ4n) is 1.82. The molecule has 1 aromatic heterocycles. The second-order valence-electron chi connectivity index (χ2n) is 4.57. The van der Waals surface area contributed by atoms with Gasteiger partial charge in [0.1, 0.15) is 11.5 Å². The summed E-state index contributed by atoms with van der Waals surface area (Å²) < 4.78 is 15.0. The quantitative estimate of drug-likeness (QED) is 0.875. The zero-order valence-electron chi connectivity index (χ0n) is 11.4. The van der Waals surface area contributed by atoms with Crippen molar-refractivity contribution in [3.8, 4) is 5.69 Å². The van der Waals surface area contributed by atoms with E-state index in [9.17, 15) is 9.18 Å². The van der Waals surface area contributed by atoms with Crippen LogP contribution in [0.15, 0.2) is 36.7 Å². The van der Waals surface area contributed by atoms with Crippen molar-refractivity contribution in [2.45, 2.75) is 6.92 Å². The predicted octanol–water partition coefficient (Wildman–Crippen LogP) is 1.81. The first-order valence-corrected chi connectivity index (χ1v) is 6.37. The average Bonchev–Trinajstić information content (AvgIpc) is 2.87. The second kappa shape index (κ2) is 6.29. The highest BCUT2D eigenvalue weighted by molar-refractivity contribution is 5.92. The van der Waals surface area contributed by atoms with Crippen molar-refractivity contribution < 1.29 is 9.18 Å². The number of nitrogens with zero attached hydrogens (tertiary/aromatic N) is 2. The molecule has 2 rings (SSSR count). The Morgan fingerprint density at radius 2 is 2.20 bits per heavy atom. The topological polar surface area (TPSA) is 59.0 Å². The minimum absolute atomic E-state index is 0.104. The van der Waals surface area contributed by atoms with E-state index in [1.54, 1.807) is 31.4 Å². The van der Waals surface area contributed by atoms with Gasteiger partial charge in [-0.2, -0.15) is 5.10 Å². The molecule has 106 valence electrons. The van der Waals surface area contributed by atoms with Crippen LogP contribution in [-0.2, 0) is 4.79 Å². The molecule has 0 saturated heterocycles. The molecule has 1 unspecified atom stereocenters. The number of para-hydroxylation sites is 1. The molecule has 1 heterocycles. The summed E-state index contributed by atoms with van der Waals surface area (Å²) >= 11 is 0. The van der Waals surface area contributed by atoms with Gasteiger partial charge >= 0.3 is 0 Å². The van der Waals surface area contributed by atoms with Crippen LogP contribution >= 0.6 is 0 Å². The smallest absolute Gasteiger partial charge is 0.228 e. The van der Waals surface area contributed by atoms with Crippen LogP contribution < -0.4 is 10.6 Å². The monoisotopic (exact) mass is 276 g/mol. The zero-order valence-corrected chi connectivity index (χ0v) is 11.4. The molecule has 0 fully saturated rings. The molecular formula is C14H17FN4O. The van der Waals surface area contributed by atoms with Crippen molar-refractivity contribution >= 4 is 11.6 Å². The highest BCUT2D eigenvalue weighted by Crippen LogP contribution is 2.15. The SMILES string of the molecule is CNCC(C)C(=O)Nc1cnn(-c2ccccc2F)c1.